The molecule has 0 aliphatic heterocycles. The van der Waals surface area contributed by atoms with Crippen LogP contribution in [0.5, 0.6) is 0 Å². The predicted octanol–water partition coefficient (Wildman–Crippen LogP) is 5.61. The Morgan fingerprint density at radius 2 is 1.83 bits per heavy atom. The number of amides is 1. The van der Waals surface area contributed by atoms with Gasteiger partial charge in [0.2, 0.25) is 11.7 Å². The average Bonchev–Trinajstić information content (AvgIpc) is 3.19. The lowest BCUT2D eigenvalue weighted by Gasteiger charge is -2.06. The van der Waals surface area contributed by atoms with Gasteiger partial charge in [-0.05, 0) is 54.3 Å². The number of fused-ring (bicyclic) bond motifs is 1. The van der Waals surface area contributed by atoms with E-state index in [2.05, 4.69) is 5.32 Å². The van der Waals surface area contributed by atoms with Crippen molar-refractivity contribution in [1.29, 1.82) is 0 Å². The summed E-state index contributed by atoms with van der Waals surface area (Å²) >= 11 is 1.65. The van der Waals surface area contributed by atoms with Gasteiger partial charge in [-0.1, -0.05) is 18.2 Å². The van der Waals surface area contributed by atoms with E-state index in [9.17, 15) is 14.0 Å². The molecule has 1 saturated carbocycles. The van der Waals surface area contributed by atoms with E-state index in [0.29, 0.717) is 22.2 Å². The smallest absolute Gasteiger partial charge is 0.230 e. The zero-order valence-corrected chi connectivity index (χ0v) is 16.0. The molecule has 1 N–H and O–H groups in total. The first-order valence-electron chi connectivity index (χ1n) is 9.28. The van der Waals surface area contributed by atoms with Gasteiger partial charge in [0.15, 0.2) is 5.76 Å². The van der Waals surface area contributed by atoms with Crippen LogP contribution in [0.2, 0.25) is 0 Å². The average molecular weight is 405 g/mol. The van der Waals surface area contributed by atoms with Crippen molar-refractivity contribution in [2.45, 2.75) is 12.3 Å². The second-order valence-electron chi connectivity index (χ2n) is 7.09. The molecule has 1 amide bonds. The largest absolute Gasteiger partial charge is 0.450 e. The number of hydrogen-bond acceptors (Lipinski definition) is 4. The van der Waals surface area contributed by atoms with E-state index in [0.717, 1.165) is 6.42 Å². The van der Waals surface area contributed by atoms with Gasteiger partial charge >= 0.3 is 0 Å². The standard InChI is InChI=1S/C23H16FNO3S/c24-14-9-7-13(8-10-14)21(26)22-20(15-4-1-2-5-18(15)28-22)25-23(27)17-12-16(17)19-6-3-11-29-19/h1-11,16-17H,12H2,(H,25,27). The molecule has 6 heteroatoms. The number of hydrogen-bond donors (Lipinski definition) is 1. The predicted molar refractivity (Wildman–Crippen MR) is 110 cm³/mol. The zero-order chi connectivity index (χ0) is 20.0. The number of anilines is 1. The number of furan rings is 1. The minimum atomic E-state index is -0.423. The van der Waals surface area contributed by atoms with Crippen LogP contribution in [0.1, 0.15) is 33.3 Å². The molecule has 2 aromatic carbocycles. The summed E-state index contributed by atoms with van der Waals surface area (Å²) < 4.78 is 19.0. The number of thiophene rings is 1. The van der Waals surface area contributed by atoms with Gasteiger partial charge in [-0.2, -0.15) is 0 Å². The topological polar surface area (TPSA) is 59.3 Å². The van der Waals surface area contributed by atoms with Crippen LogP contribution in [-0.2, 0) is 4.79 Å². The third kappa shape index (κ3) is 3.25. The lowest BCUT2D eigenvalue weighted by atomic mass is 10.1. The van der Waals surface area contributed by atoms with Crippen molar-refractivity contribution in [3.05, 3.63) is 88.1 Å². The number of nitrogens with one attached hydrogen (secondary N) is 1. The molecule has 0 saturated heterocycles. The molecule has 4 aromatic rings. The Bertz CT molecular complexity index is 1210. The number of benzene rings is 2. The Morgan fingerprint density at radius 1 is 1.03 bits per heavy atom. The Balaban J connectivity index is 1.48. The molecule has 1 fully saturated rings. The summed E-state index contributed by atoms with van der Waals surface area (Å²) in [5, 5.41) is 5.60. The van der Waals surface area contributed by atoms with Gasteiger partial charge in [0.25, 0.3) is 0 Å². The molecule has 2 unspecified atom stereocenters. The molecule has 2 aromatic heterocycles. The van der Waals surface area contributed by atoms with Crippen molar-refractivity contribution in [1.82, 2.24) is 0 Å². The van der Waals surface area contributed by atoms with E-state index in [1.165, 1.54) is 29.1 Å². The number of carbonyl (C=O) groups excluding carboxylic acids is 2. The molecule has 1 aliphatic rings. The summed E-state index contributed by atoms with van der Waals surface area (Å²) in [6.07, 6.45) is 0.795. The number of ketones is 1. The maximum atomic E-state index is 13.2. The Labute approximate surface area is 170 Å². The summed E-state index contributed by atoms with van der Waals surface area (Å²) in [5.41, 5.74) is 1.18. The zero-order valence-electron chi connectivity index (χ0n) is 15.2. The summed E-state index contributed by atoms with van der Waals surface area (Å²) in [5.74, 6) is -0.779. The molecule has 144 valence electrons. The highest BCUT2D eigenvalue weighted by Crippen LogP contribution is 2.50. The van der Waals surface area contributed by atoms with Crippen molar-refractivity contribution in [3.8, 4) is 0 Å². The lowest BCUT2D eigenvalue weighted by molar-refractivity contribution is -0.117. The fraction of sp³-hybridized carbons (Fsp3) is 0.130. The van der Waals surface area contributed by atoms with Gasteiger partial charge in [0.05, 0.1) is 5.69 Å². The van der Waals surface area contributed by atoms with E-state index in [4.69, 9.17) is 4.42 Å². The van der Waals surface area contributed by atoms with E-state index in [1.54, 1.807) is 29.5 Å². The molecule has 0 radical (unpaired) electrons. The molecule has 2 heterocycles. The number of halogens is 1. The van der Waals surface area contributed by atoms with E-state index in [-0.39, 0.29) is 23.5 Å². The van der Waals surface area contributed by atoms with E-state index in [1.807, 2.05) is 23.6 Å². The number of para-hydroxylation sites is 1. The summed E-state index contributed by atoms with van der Waals surface area (Å²) in [4.78, 5) is 27.1. The summed E-state index contributed by atoms with van der Waals surface area (Å²) in [6.45, 7) is 0. The van der Waals surface area contributed by atoms with Crippen molar-refractivity contribution < 1.29 is 18.4 Å². The van der Waals surface area contributed by atoms with Crippen LogP contribution in [0, 0.1) is 11.7 Å². The fourth-order valence-electron chi connectivity index (χ4n) is 3.58. The Kier molecular flexibility index (Phi) is 4.28. The molecule has 29 heavy (non-hydrogen) atoms. The van der Waals surface area contributed by atoms with Gasteiger partial charge < -0.3 is 9.73 Å². The van der Waals surface area contributed by atoms with Crippen LogP contribution in [0.25, 0.3) is 11.0 Å². The van der Waals surface area contributed by atoms with Crippen LogP contribution in [-0.4, -0.2) is 11.7 Å². The molecule has 0 spiro atoms. The van der Waals surface area contributed by atoms with Gasteiger partial charge in [-0.25, -0.2) is 4.39 Å². The molecule has 5 rings (SSSR count). The summed E-state index contributed by atoms with van der Waals surface area (Å²) in [6, 6.07) is 16.5. The second kappa shape index (κ2) is 6.97. The first-order chi connectivity index (χ1) is 14.1. The first-order valence-corrected chi connectivity index (χ1v) is 10.2. The minimum Gasteiger partial charge on any atom is -0.450 e. The quantitative estimate of drug-likeness (QED) is 0.439. The van der Waals surface area contributed by atoms with Gasteiger partial charge in [0.1, 0.15) is 11.4 Å². The number of rotatable bonds is 5. The van der Waals surface area contributed by atoms with Gasteiger partial charge in [-0.3, -0.25) is 9.59 Å². The highest BCUT2D eigenvalue weighted by molar-refractivity contribution is 7.10. The Hall–Kier alpha value is -3.25. The van der Waals surface area contributed by atoms with Gasteiger partial charge in [-0.15, -0.1) is 11.3 Å². The molecule has 1 aliphatic carbocycles. The number of carbonyl (C=O) groups is 2. The first kappa shape index (κ1) is 17.8. The molecule has 0 bridgehead atoms. The maximum absolute atomic E-state index is 13.2. The van der Waals surface area contributed by atoms with Crippen LogP contribution < -0.4 is 5.32 Å². The fourth-order valence-corrected chi connectivity index (χ4v) is 4.49. The van der Waals surface area contributed by atoms with E-state index < -0.39 is 11.6 Å². The van der Waals surface area contributed by atoms with Crippen molar-refractivity contribution in [2.75, 3.05) is 5.32 Å². The molecule has 2 atom stereocenters. The molecular formula is C23H16FNO3S. The van der Waals surface area contributed by atoms with Crippen molar-refractivity contribution >= 4 is 39.7 Å². The van der Waals surface area contributed by atoms with Crippen LogP contribution in [0.4, 0.5) is 10.1 Å². The highest BCUT2D eigenvalue weighted by atomic mass is 32.1. The minimum absolute atomic E-state index is 0.0551. The monoisotopic (exact) mass is 405 g/mol. The Morgan fingerprint density at radius 3 is 2.59 bits per heavy atom. The lowest BCUT2D eigenvalue weighted by Crippen LogP contribution is -2.16. The van der Waals surface area contributed by atoms with Crippen LogP contribution in [0.15, 0.2) is 70.5 Å². The third-order valence-corrected chi connectivity index (χ3v) is 6.20. The van der Waals surface area contributed by atoms with Gasteiger partial charge in [0, 0.05) is 27.7 Å². The molecular weight excluding hydrogens is 389 g/mol. The third-order valence-electron chi connectivity index (χ3n) is 5.19. The molecule has 4 nitrogen and oxygen atoms in total. The highest BCUT2D eigenvalue weighted by Gasteiger charge is 2.45. The normalized spacial score (nSPS) is 18.0. The second-order valence-corrected chi connectivity index (χ2v) is 8.07. The maximum Gasteiger partial charge on any atom is 0.230 e. The van der Waals surface area contributed by atoms with Crippen molar-refractivity contribution in [2.24, 2.45) is 5.92 Å². The van der Waals surface area contributed by atoms with Crippen molar-refractivity contribution in [3.63, 3.8) is 0 Å². The SMILES string of the molecule is O=C(c1ccc(F)cc1)c1oc2ccccc2c1NC(=O)C1CC1c1cccs1. The summed E-state index contributed by atoms with van der Waals surface area (Å²) in [7, 11) is 0. The van der Waals surface area contributed by atoms with E-state index >= 15 is 0 Å². The van der Waals surface area contributed by atoms with Crippen LogP contribution in [0.3, 0.4) is 0 Å². The van der Waals surface area contributed by atoms with Crippen LogP contribution >= 0.6 is 11.3 Å².